The Bertz CT molecular complexity index is 671. The number of hydrogen-bond acceptors (Lipinski definition) is 6. The zero-order valence-electron chi connectivity index (χ0n) is 11.1. The average molecular weight is 265 g/mol. The molecule has 0 atom stereocenters. The number of carbonyl (C=O) groups is 1. The van der Waals surface area contributed by atoms with Gasteiger partial charge in [-0.25, -0.2) is 4.68 Å². The van der Waals surface area contributed by atoms with Crippen molar-refractivity contribution in [2.75, 3.05) is 6.61 Å². The van der Waals surface area contributed by atoms with Crippen molar-refractivity contribution in [3.05, 3.63) is 21.8 Å². The van der Waals surface area contributed by atoms with Gasteiger partial charge >= 0.3 is 5.97 Å². The fraction of sp³-hybridized carbons (Fsp3) is 0.500. The Morgan fingerprint density at radius 3 is 2.84 bits per heavy atom. The summed E-state index contributed by atoms with van der Waals surface area (Å²) in [6.07, 6.45) is 0.0997. The van der Waals surface area contributed by atoms with Crippen LogP contribution in [-0.2, 0) is 16.1 Å². The highest BCUT2D eigenvalue weighted by molar-refractivity contribution is 5.81. The smallest absolute Gasteiger partial charge is 0.307 e. The minimum atomic E-state index is -0.359. The second-order valence-electron chi connectivity index (χ2n) is 4.13. The highest BCUT2D eigenvalue weighted by Crippen LogP contribution is 2.16. The van der Waals surface area contributed by atoms with E-state index in [0.29, 0.717) is 23.4 Å². The molecule has 19 heavy (non-hydrogen) atoms. The van der Waals surface area contributed by atoms with E-state index >= 15 is 0 Å². The molecule has 0 N–H and O–H groups in total. The normalized spacial score (nSPS) is 10.9. The van der Waals surface area contributed by atoms with E-state index in [1.807, 2.05) is 0 Å². The Morgan fingerprint density at radius 1 is 1.42 bits per heavy atom. The molecule has 0 aromatic carbocycles. The van der Waals surface area contributed by atoms with Crippen LogP contribution in [0.3, 0.4) is 0 Å². The summed E-state index contributed by atoms with van der Waals surface area (Å²) in [6.45, 7) is 5.72. The molecule has 0 aliphatic heterocycles. The zero-order valence-corrected chi connectivity index (χ0v) is 11.1. The van der Waals surface area contributed by atoms with Crippen molar-refractivity contribution in [2.24, 2.45) is 0 Å². The Morgan fingerprint density at radius 2 is 2.16 bits per heavy atom. The molecule has 0 amide bonds. The van der Waals surface area contributed by atoms with E-state index in [9.17, 15) is 9.59 Å². The molecule has 0 unspecified atom stereocenters. The number of ether oxygens (including phenoxy) is 1. The molecule has 0 spiro atoms. The standard InChI is InChI=1S/C12H15N3O4/c1-4-18-9(16)5-6-15-12(17)11-10(7(2)13-15)8(3)19-14-11/h4-6H2,1-3H3. The number of fused-ring (bicyclic) bond motifs is 1. The predicted molar refractivity (Wildman–Crippen MR) is 66.8 cm³/mol. The lowest BCUT2D eigenvalue weighted by molar-refractivity contribution is -0.143. The summed E-state index contributed by atoms with van der Waals surface area (Å²) in [5, 5.41) is 8.54. The van der Waals surface area contributed by atoms with Gasteiger partial charge in [0.05, 0.1) is 30.7 Å². The highest BCUT2D eigenvalue weighted by Gasteiger charge is 2.15. The van der Waals surface area contributed by atoms with Crippen molar-refractivity contribution in [3.63, 3.8) is 0 Å². The first-order valence-electron chi connectivity index (χ1n) is 6.04. The molecule has 2 aromatic heterocycles. The van der Waals surface area contributed by atoms with E-state index in [2.05, 4.69) is 10.3 Å². The number of aryl methyl sites for hydroxylation is 3. The minimum absolute atomic E-state index is 0.0997. The van der Waals surface area contributed by atoms with Crippen molar-refractivity contribution in [2.45, 2.75) is 33.7 Å². The summed E-state index contributed by atoms with van der Waals surface area (Å²) >= 11 is 0. The molecule has 0 radical (unpaired) electrons. The predicted octanol–water partition coefficient (Wildman–Crippen LogP) is 0.955. The van der Waals surface area contributed by atoms with Gasteiger partial charge in [-0.05, 0) is 20.8 Å². The maximum atomic E-state index is 12.1. The van der Waals surface area contributed by atoms with Gasteiger partial charge in [0.15, 0.2) is 5.52 Å². The van der Waals surface area contributed by atoms with Crippen molar-refractivity contribution in [3.8, 4) is 0 Å². The zero-order chi connectivity index (χ0) is 14.0. The van der Waals surface area contributed by atoms with Gasteiger partial charge in [0.25, 0.3) is 5.56 Å². The van der Waals surface area contributed by atoms with Gasteiger partial charge in [0.2, 0.25) is 0 Å². The highest BCUT2D eigenvalue weighted by atomic mass is 16.5. The summed E-state index contributed by atoms with van der Waals surface area (Å²) in [5.41, 5.74) is 0.535. The molecular formula is C12H15N3O4. The molecule has 0 saturated carbocycles. The first kappa shape index (κ1) is 13.3. The second-order valence-corrected chi connectivity index (χ2v) is 4.13. The largest absolute Gasteiger partial charge is 0.466 e. The Labute approximate surface area is 109 Å². The third kappa shape index (κ3) is 2.49. The number of carbonyl (C=O) groups excluding carboxylic acids is 1. The van der Waals surface area contributed by atoms with Gasteiger partial charge < -0.3 is 9.26 Å². The maximum absolute atomic E-state index is 12.1. The van der Waals surface area contributed by atoms with Gasteiger partial charge in [0, 0.05) is 0 Å². The third-order valence-electron chi connectivity index (χ3n) is 2.77. The number of hydrogen-bond donors (Lipinski definition) is 0. The van der Waals surface area contributed by atoms with Crippen LogP contribution in [0.25, 0.3) is 10.9 Å². The summed E-state index contributed by atoms with van der Waals surface area (Å²) < 4.78 is 11.0. The molecule has 0 saturated heterocycles. The summed E-state index contributed by atoms with van der Waals surface area (Å²) in [5.74, 6) is 0.208. The Hall–Kier alpha value is -2.18. The van der Waals surface area contributed by atoms with E-state index in [1.165, 1.54) is 4.68 Å². The molecule has 2 heterocycles. The van der Waals surface area contributed by atoms with Crippen LogP contribution in [0.5, 0.6) is 0 Å². The van der Waals surface area contributed by atoms with E-state index in [0.717, 1.165) is 0 Å². The first-order valence-corrected chi connectivity index (χ1v) is 6.04. The quantitative estimate of drug-likeness (QED) is 0.765. The molecule has 0 aliphatic carbocycles. The molecular weight excluding hydrogens is 250 g/mol. The monoisotopic (exact) mass is 265 g/mol. The van der Waals surface area contributed by atoms with Gasteiger partial charge in [-0.3, -0.25) is 9.59 Å². The van der Waals surface area contributed by atoms with E-state index in [1.54, 1.807) is 20.8 Å². The Balaban J connectivity index is 2.32. The van der Waals surface area contributed by atoms with Crippen LogP contribution in [0.2, 0.25) is 0 Å². The molecule has 2 aromatic rings. The van der Waals surface area contributed by atoms with Crippen LogP contribution in [0, 0.1) is 13.8 Å². The maximum Gasteiger partial charge on any atom is 0.307 e. The van der Waals surface area contributed by atoms with Crippen molar-refractivity contribution >= 4 is 16.9 Å². The van der Waals surface area contributed by atoms with Gasteiger partial charge in [-0.15, -0.1) is 0 Å². The number of rotatable bonds is 4. The first-order chi connectivity index (χ1) is 9.04. The number of esters is 1. The van der Waals surface area contributed by atoms with E-state index < -0.39 is 0 Å². The van der Waals surface area contributed by atoms with Crippen LogP contribution in [0.4, 0.5) is 0 Å². The van der Waals surface area contributed by atoms with Crippen LogP contribution >= 0.6 is 0 Å². The summed E-state index contributed by atoms with van der Waals surface area (Å²) in [6, 6.07) is 0. The lowest BCUT2D eigenvalue weighted by atomic mass is 10.2. The fourth-order valence-electron chi connectivity index (χ4n) is 1.92. The van der Waals surface area contributed by atoms with Crippen LogP contribution in [-0.4, -0.2) is 27.5 Å². The van der Waals surface area contributed by atoms with Crippen molar-refractivity contribution < 1.29 is 14.1 Å². The molecule has 0 bridgehead atoms. The summed E-state index contributed by atoms with van der Waals surface area (Å²) in [7, 11) is 0. The SMILES string of the molecule is CCOC(=O)CCn1nc(C)c2c(C)onc2c1=O. The van der Waals surface area contributed by atoms with E-state index in [-0.39, 0.29) is 30.0 Å². The van der Waals surface area contributed by atoms with Crippen LogP contribution in [0.1, 0.15) is 24.8 Å². The molecule has 2 rings (SSSR count). The summed E-state index contributed by atoms with van der Waals surface area (Å²) in [4.78, 5) is 23.4. The number of aromatic nitrogens is 3. The lowest BCUT2D eigenvalue weighted by Gasteiger charge is -2.05. The Kier molecular flexibility index (Phi) is 3.64. The molecule has 102 valence electrons. The van der Waals surface area contributed by atoms with Gasteiger partial charge in [-0.1, -0.05) is 5.16 Å². The molecule has 7 nitrogen and oxygen atoms in total. The third-order valence-corrected chi connectivity index (χ3v) is 2.77. The van der Waals surface area contributed by atoms with Crippen LogP contribution in [0.15, 0.2) is 9.32 Å². The van der Waals surface area contributed by atoms with Crippen LogP contribution < -0.4 is 5.56 Å². The van der Waals surface area contributed by atoms with Gasteiger partial charge in [-0.2, -0.15) is 5.10 Å². The van der Waals surface area contributed by atoms with Crippen molar-refractivity contribution in [1.29, 1.82) is 0 Å². The molecule has 0 fully saturated rings. The molecule has 0 aliphatic rings. The topological polar surface area (TPSA) is 87.2 Å². The molecule has 7 heteroatoms. The fourth-order valence-corrected chi connectivity index (χ4v) is 1.92. The second kappa shape index (κ2) is 5.21. The van der Waals surface area contributed by atoms with E-state index in [4.69, 9.17) is 9.26 Å². The average Bonchev–Trinajstić information content (AvgIpc) is 2.75. The van der Waals surface area contributed by atoms with Gasteiger partial charge in [0.1, 0.15) is 5.76 Å². The number of nitrogens with zero attached hydrogens (tertiary/aromatic N) is 3. The lowest BCUT2D eigenvalue weighted by Crippen LogP contribution is -2.25. The van der Waals surface area contributed by atoms with Crippen molar-refractivity contribution in [1.82, 2.24) is 14.9 Å². The minimum Gasteiger partial charge on any atom is -0.466 e.